The zero-order chi connectivity index (χ0) is 14.5. The monoisotopic (exact) mass is 273 g/mol. The first-order valence-electron chi connectivity index (χ1n) is 6.72. The first-order chi connectivity index (χ1) is 9.60. The second-order valence-electron chi connectivity index (χ2n) is 5.00. The van der Waals surface area contributed by atoms with Gasteiger partial charge in [-0.1, -0.05) is 24.3 Å². The molecule has 0 radical (unpaired) electrons. The standard InChI is InChI=1S/C17H20FNO/c1-12-4-5-15(8-13(12)2)11-20-17-7-6-14(10-19-3)9-16(17)18/h4-9,19H,10-11H2,1-3H3. The van der Waals surface area contributed by atoms with Crippen LogP contribution in [0.25, 0.3) is 0 Å². The summed E-state index contributed by atoms with van der Waals surface area (Å²) in [5, 5.41) is 2.99. The Morgan fingerprint density at radius 1 is 1.00 bits per heavy atom. The van der Waals surface area contributed by atoms with E-state index in [1.54, 1.807) is 6.07 Å². The molecule has 0 amide bonds. The molecule has 0 aliphatic rings. The maximum Gasteiger partial charge on any atom is 0.165 e. The lowest BCUT2D eigenvalue weighted by Crippen LogP contribution is -2.05. The first-order valence-corrected chi connectivity index (χ1v) is 6.72. The minimum Gasteiger partial charge on any atom is -0.486 e. The summed E-state index contributed by atoms with van der Waals surface area (Å²) >= 11 is 0. The molecule has 0 saturated heterocycles. The molecular formula is C17H20FNO. The van der Waals surface area contributed by atoms with Crippen molar-refractivity contribution < 1.29 is 9.13 Å². The van der Waals surface area contributed by atoms with Crippen LogP contribution in [0, 0.1) is 19.7 Å². The van der Waals surface area contributed by atoms with E-state index in [4.69, 9.17) is 4.74 Å². The number of hydrogen-bond acceptors (Lipinski definition) is 2. The van der Waals surface area contributed by atoms with Crippen molar-refractivity contribution in [2.45, 2.75) is 27.0 Å². The Morgan fingerprint density at radius 2 is 1.75 bits per heavy atom. The van der Waals surface area contributed by atoms with E-state index in [1.165, 1.54) is 17.2 Å². The summed E-state index contributed by atoms with van der Waals surface area (Å²) < 4.78 is 19.4. The second kappa shape index (κ2) is 6.53. The van der Waals surface area contributed by atoms with Gasteiger partial charge >= 0.3 is 0 Å². The van der Waals surface area contributed by atoms with Crippen LogP contribution < -0.4 is 10.1 Å². The molecule has 0 unspecified atom stereocenters. The Balaban J connectivity index is 2.05. The molecule has 0 aromatic heterocycles. The highest BCUT2D eigenvalue weighted by molar-refractivity contribution is 5.32. The fourth-order valence-corrected chi connectivity index (χ4v) is 2.03. The Hall–Kier alpha value is -1.87. The van der Waals surface area contributed by atoms with Gasteiger partial charge in [-0.3, -0.25) is 0 Å². The van der Waals surface area contributed by atoms with E-state index < -0.39 is 0 Å². The average Bonchev–Trinajstić information content (AvgIpc) is 2.42. The lowest BCUT2D eigenvalue weighted by atomic mass is 10.1. The summed E-state index contributed by atoms with van der Waals surface area (Å²) in [5.74, 6) is -0.0235. The molecule has 0 bridgehead atoms. The molecule has 0 atom stereocenters. The molecule has 3 heteroatoms. The molecule has 1 N–H and O–H groups in total. The number of halogens is 1. The summed E-state index contributed by atoms with van der Waals surface area (Å²) in [6.07, 6.45) is 0. The summed E-state index contributed by atoms with van der Waals surface area (Å²) in [6.45, 7) is 5.16. The Bertz CT molecular complexity index is 596. The zero-order valence-electron chi connectivity index (χ0n) is 12.2. The maximum absolute atomic E-state index is 13.9. The van der Waals surface area contributed by atoms with E-state index in [2.05, 4.69) is 31.3 Å². The van der Waals surface area contributed by atoms with Crippen LogP contribution in [0.4, 0.5) is 4.39 Å². The molecular weight excluding hydrogens is 253 g/mol. The van der Waals surface area contributed by atoms with Crippen molar-refractivity contribution in [3.63, 3.8) is 0 Å². The van der Waals surface area contributed by atoms with Crippen LogP contribution in [-0.2, 0) is 13.2 Å². The molecule has 2 aromatic carbocycles. The SMILES string of the molecule is CNCc1ccc(OCc2ccc(C)c(C)c2)c(F)c1. The molecule has 2 aromatic rings. The van der Waals surface area contributed by atoms with Crippen LogP contribution in [0.5, 0.6) is 5.75 Å². The minimum atomic E-state index is -0.318. The molecule has 0 aliphatic heterocycles. The van der Waals surface area contributed by atoms with E-state index in [9.17, 15) is 4.39 Å². The predicted octanol–water partition coefficient (Wildman–Crippen LogP) is 3.74. The van der Waals surface area contributed by atoms with Crippen molar-refractivity contribution in [1.29, 1.82) is 0 Å². The number of ether oxygens (including phenoxy) is 1. The van der Waals surface area contributed by atoms with E-state index in [1.807, 2.05) is 19.2 Å². The van der Waals surface area contributed by atoms with Gasteiger partial charge in [0.2, 0.25) is 0 Å². The first kappa shape index (κ1) is 14.5. The lowest BCUT2D eigenvalue weighted by molar-refractivity contribution is 0.290. The fraction of sp³-hybridized carbons (Fsp3) is 0.294. The van der Waals surface area contributed by atoms with E-state index in [0.717, 1.165) is 11.1 Å². The van der Waals surface area contributed by atoms with Gasteiger partial charge in [-0.15, -0.1) is 0 Å². The third-order valence-corrected chi connectivity index (χ3v) is 3.34. The number of nitrogens with one attached hydrogen (secondary N) is 1. The van der Waals surface area contributed by atoms with Crippen LogP contribution in [0.2, 0.25) is 0 Å². The van der Waals surface area contributed by atoms with Crippen LogP contribution in [0.3, 0.4) is 0 Å². The average molecular weight is 273 g/mol. The Labute approximate surface area is 119 Å². The van der Waals surface area contributed by atoms with Crippen LogP contribution in [0.1, 0.15) is 22.3 Å². The Morgan fingerprint density at radius 3 is 2.40 bits per heavy atom. The normalized spacial score (nSPS) is 10.6. The van der Waals surface area contributed by atoms with Gasteiger partial charge in [-0.05, 0) is 55.3 Å². The smallest absolute Gasteiger partial charge is 0.165 e. The zero-order valence-corrected chi connectivity index (χ0v) is 12.2. The summed E-state index contributed by atoms with van der Waals surface area (Å²) in [5.41, 5.74) is 4.42. The summed E-state index contributed by atoms with van der Waals surface area (Å²) in [7, 11) is 1.84. The molecule has 20 heavy (non-hydrogen) atoms. The van der Waals surface area contributed by atoms with Gasteiger partial charge in [0.05, 0.1) is 0 Å². The third-order valence-electron chi connectivity index (χ3n) is 3.34. The van der Waals surface area contributed by atoms with Gasteiger partial charge in [0, 0.05) is 6.54 Å². The molecule has 0 spiro atoms. The van der Waals surface area contributed by atoms with Gasteiger partial charge in [-0.2, -0.15) is 0 Å². The van der Waals surface area contributed by atoms with Crippen molar-refractivity contribution in [1.82, 2.24) is 5.32 Å². The number of aryl methyl sites for hydroxylation is 2. The number of hydrogen-bond donors (Lipinski definition) is 1. The molecule has 106 valence electrons. The van der Waals surface area contributed by atoms with E-state index >= 15 is 0 Å². The summed E-state index contributed by atoms with van der Waals surface area (Å²) in [6, 6.07) is 11.2. The second-order valence-corrected chi connectivity index (χ2v) is 5.00. The topological polar surface area (TPSA) is 21.3 Å². The van der Waals surface area contributed by atoms with Crippen molar-refractivity contribution in [2.24, 2.45) is 0 Å². The highest BCUT2D eigenvalue weighted by atomic mass is 19.1. The predicted molar refractivity (Wildman–Crippen MR) is 79.4 cm³/mol. The van der Waals surface area contributed by atoms with E-state index in [0.29, 0.717) is 18.9 Å². The Kier molecular flexibility index (Phi) is 4.74. The van der Waals surface area contributed by atoms with Crippen LogP contribution >= 0.6 is 0 Å². The lowest BCUT2D eigenvalue weighted by Gasteiger charge is -2.10. The number of rotatable bonds is 5. The molecule has 2 nitrogen and oxygen atoms in total. The third kappa shape index (κ3) is 3.58. The minimum absolute atomic E-state index is 0.295. The van der Waals surface area contributed by atoms with Crippen molar-refractivity contribution in [3.8, 4) is 5.75 Å². The van der Waals surface area contributed by atoms with Gasteiger partial charge in [-0.25, -0.2) is 4.39 Å². The highest BCUT2D eigenvalue weighted by Gasteiger charge is 2.05. The van der Waals surface area contributed by atoms with Gasteiger partial charge in [0.25, 0.3) is 0 Å². The summed E-state index contributed by atoms with van der Waals surface area (Å²) in [4.78, 5) is 0. The molecule has 0 saturated carbocycles. The van der Waals surface area contributed by atoms with Crippen LogP contribution in [0.15, 0.2) is 36.4 Å². The van der Waals surface area contributed by atoms with Gasteiger partial charge in [0.15, 0.2) is 11.6 Å². The van der Waals surface area contributed by atoms with Gasteiger partial charge in [0.1, 0.15) is 6.61 Å². The fourth-order valence-electron chi connectivity index (χ4n) is 2.03. The van der Waals surface area contributed by atoms with Crippen LogP contribution in [-0.4, -0.2) is 7.05 Å². The van der Waals surface area contributed by atoms with E-state index in [-0.39, 0.29) is 5.82 Å². The van der Waals surface area contributed by atoms with Crippen molar-refractivity contribution in [2.75, 3.05) is 7.05 Å². The van der Waals surface area contributed by atoms with Crippen molar-refractivity contribution in [3.05, 3.63) is 64.5 Å². The largest absolute Gasteiger partial charge is 0.486 e. The molecule has 2 rings (SSSR count). The molecule has 0 heterocycles. The number of benzene rings is 2. The highest BCUT2D eigenvalue weighted by Crippen LogP contribution is 2.20. The molecule has 0 fully saturated rings. The van der Waals surface area contributed by atoms with Gasteiger partial charge < -0.3 is 10.1 Å². The quantitative estimate of drug-likeness (QED) is 0.896. The molecule has 0 aliphatic carbocycles. The maximum atomic E-state index is 13.9. The van der Waals surface area contributed by atoms with Crippen molar-refractivity contribution >= 4 is 0 Å².